The van der Waals surface area contributed by atoms with Gasteiger partial charge in [0, 0.05) is 20.3 Å². The Kier molecular flexibility index (Phi) is 15.6. The van der Waals surface area contributed by atoms with E-state index in [2.05, 4.69) is 44.5 Å². The Balaban J connectivity index is 2.04. The summed E-state index contributed by atoms with van der Waals surface area (Å²) >= 11 is 0. The first-order valence-corrected chi connectivity index (χ1v) is 13.4. The minimum absolute atomic E-state index is 0.0552. The molecule has 1 amide bonds. The monoisotopic (exact) mass is 434 g/mol. The summed E-state index contributed by atoms with van der Waals surface area (Å²) in [6, 6.07) is 0. The highest BCUT2D eigenvalue weighted by Crippen LogP contribution is 2.27. The molecule has 3 unspecified atom stereocenters. The van der Waals surface area contributed by atoms with Crippen molar-refractivity contribution in [2.45, 2.75) is 136 Å². The molecule has 31 heavy (non-hydrogen) atoms. The van der Waals surface area contributed by atoms with Crippen LogP contribution in [0.15, 0.2) is 17.1 Å². The van der Waals surface area contributed by atoms with Gasteiger partial charge in [-0.05, 0) is 39.0 Å². The van der Waals surface area contributed by atoms with E-state index in [-0.39, 0.29) is 12.1 Å². The third-order valence-corrected chi connectivity index (χ3v) is 7.04. The molecule has 0 saturated heterocycles. The maximum atomic E-state index is 11.5. The Bertz CT molecular complexity index is 517. The van der Waals surface area contributed by atoms with Crippen molar-refractivity contribution in [1.29, 1.82) is 0 Å². The lowest BCUT2D eigenvalue weighted by atomic mass is 10.1. The maximum absolute atomic E-state index is 11.5. The minimum Gasteiger partial charge on any atom is -0.307 e. The molecule has 4 nitrogen and oxygen atoms in total. The zero-order valence-corrected chi connectivity index (χ0v) is 21.2. The van der Waals surface area contributed by atoms with Crippen molar-refractivity contribution in [3.8, 4) is 0 Å². The second-order valence-corrected chi connectivity index (χ2v) is 9.52. The summed E-state index contributed by atoms with van der Waals surface area (Å²) in [6.07, 6.45) is 27.3. The van der Waals surface area contributed by atoms with Crippen LogP contribution in [0.25, 0.3) is 0 Å². The molecule has 1 heterocycles. The van der Waals surface area contributed by atoms with Gasteiger partial charge in [0.2, 0.25) is 5.91 Å². The molecule has 0 spiro atoms. The van der Waals surface area contributed by atoms with Crippen molar-refractivity contribution in [2.75, 3.05) is 13.1 Å². The molecule has 1 aliphatic heterocycles. The fraction of sp³-hybridized carbons (Fsp3) is 0.852. The van der Waals surface area contributed by atoms with Crippen molar-refractivity contribution < 1.29 is 9.28 Å². The lowest BCUT2D eigenvalue weighted by molar-refractivity contribution is -0.959. The molecule has 0 bridgehead atoms. The van der Waals surface area contributed by atoms with Crippen molar-refractivity contribution >= 4 is 12.1 Å². The molecule has 0 aromatic rings. The van der Waals surface area contributed by atoms with E-state index >= 15 is 0 Å². The SMILES string of the molecule is CCCCCCCCCC/C=C/CCCCCCC1N=CC[N+]1(CC)C(C)NC(C)=O. The summed E-state index contributed by atoms with van der Waals surface area (Å²) in [6.45, 7) is 10.2. The topological polar surface area (TPSA) is 41.5 Å². The molecule has 1 N–H and O–H groups in total. The van der Waals surface area contributed by atoms with Crippen LogP contribution in [0.1, 0.15) is 124 Å². The van der Waals surface area contributed by atoms with Crippen LogP contribution >= 0.6 is 0 Å². The number of nitrogens with zero attached hydrogens (tertiary/aromatic N) is 2. The number of quaternary nitrogens is 1. The summed E-state index contributed by atoms with van der Waals surface area (Å²) in [4.78, 5) is 16.3. The van der Waals surface area contributed by atoms with Gasteiger partial charge in [0.1, 0.15) is 6.54 Å². The van der Waals surface area contributed by atoms with Crippen LogP contribution in [0.2, 0.25) is 0 Å². The largest absolute Gasteiger partial charge is 0.307 e. The van der Waals surface area contributed by atoms with E-state index in [0.29, 0.717) is 6.17 Å². The van der Waals surface area contributed by atoms with Crippen molar-refractivity contribution in [1.82, 2.24) is 5.32 Å². The van der Waals surface area contributed by atoms with Crippen LogP contribution in [0.5, 0.6) is 0 Å². The van der Waals surface area contributed by atoms with Crippen molar-refractivity contribution in [3.05, 3.63) is 12.2 Å². The number of allylic oxidation sites excluding steroid dienone is 2. The number of nitrogens with one attached hydrogen (secondary N) is 1. The second-order valence-electron chi connectivity index (χ2n) is 9.52. The Morgan fingerprint density at radius 1 is 0.968 bits per heavy atom. The highest BCUT2D eigenvalue weighted by molar-refractivity contribution is 5.73. The molecular weight excluding hydrogens is 382 g/mol. The molecule has 4 heteroatoms. The summed E-state index contributed by atoms with van der Waals surface area (Å²) in [7, 11) is 0. The van der Waals surface area contributed by atoms with Gasteiger partial charge in [0.15, 0.2) is 12.3 Å². The number of carbonyl (C=O) groups excluding carboxylic acids is 1. The zero-order chi connectivity index (χ0) is 22.8. The zero-order valence-electron chi connectivity index (χ0n) is 21.2. The van der Waals surface area contributed by atoms with E-state index < -0.39 is 0 Å². The maximum Gasteiger partial charge on any atom is 0.221 e. The predicted octanol–water partition coefficient (Wildman–Crippen LogP) is 7.14. The van der Waals surface area contributed by atoms with E-state index in [1.54, 1.807) is 6.92 Å². The highest BCUT2D eigenvalue weighted by atomic mass is 16.1. The summed E-state index contributed by atoms with van der Waals surface area (Å²) in [5, 5.41) is 3.11. The second kappa shape index (κ2) is 17.4. The first kappa shape index (κ1) is 27.9. The fourth-order valence-electron chi connectivity index (χ4n) is 4.93. The summed E-state index contributed by atoms with van der Waals surface area (Å²) < 4.78 is 0.876. The first-order chi connectivity index (χ1) is 15.1. The van der Waals surface area contributed by atoms with Crippen LogP contribution in [-0.2, 0) is 4.79 Å². The van der Waals surface area contributed by atoms with Gasteiger partial charge in [0.05, 0.1) is 12.8 Å². The molecule has 0 saturated carbocycles. The standard InChI is InChI=1S/C27H51N3O/c1-5-7-8-9-10-11-12-13-14-15-16-17-18-19-20-21-22-27-28-23-24-30(27,6-2)25(3)29-26(4)31/h15-16,23,25,27H,5-14,17-22,24H2,1-4H3/p+1/b16-15+. The minimum atomic E-state index is 0.0552. The van der Waals surface area contributed by atoms with E-state index in [1.807, 2.05) is 0 Å². The number of hydrogen-bond donors (Lipinski definition) is 1. The van der Waals surface area contributed by atoms with Crippen LogP contribution in [-0.4, -0.2) is 42.0 Å². The van der Waals surface area contributed by atoms with Gasteiger partial charge in [-0.25, -0.2) is 4.99 Å². The van der Waals surface area contributed by atoms with Crippen LogP contribution < -0.4 is 5.32 Å². The molecule has 0 aromatic heterocycles. The third-order valence-electron chi connectivity index (χ3n) is 7.04. The van der Waals surface area contributed by atoms with Gasteiger partial charge < -0.3 is 5.32 Å². The molecule has 3 atom stereocenters. The molecule has 0 fully saturated rings. The third kappa shape index (κ3) is 11.3. The number of unbranched alkanes of at least 4 members (excludes halogenated alkanes) is 12. The number of aliphatic imine (C=N–C) groups is 1. The number of rotatable bonds is 19. The molecule has 180 valence electrons. The molecule has 1 rings (SSSR count). The highest BCUT2D eigenvalue weighted by Gasteiger charge is 2.42. The number of amides is 1. The van der Waals surface area contributed by atoms with E-state index in [9.17, 15) is 4.79 Å². The van der Waals surface area contributed by atoms with Gasteiger partial charge in [-0.3, -0.25) is 9.28 Å². The Hall–Kier alpha value is -1.16. The number of hydrogen-bond acceptors (Lipinski definition) is 2. The van der Waals surface area contributed by atoms with E-state index in [4.69, 9.17) is 4.99 Å². The van der Waals surface area contributed by atoms with Crippen molar-refractivity contribution in [3.63, 3.8) is 0 Å². The Morgan fingerprint density at radius 3 is 2.06 bits per heavy atom. The van der Waals surface area contributed by atoms with Crippen LogP contribution in [0, 0.1) is 0 Å². The van der Waals surface area contributed by atoms with E-state index in [1.165, 1.54) is 89.9 Å². The molecule has 1 aliphatic rings. The number of carbonyl (C=O) groups is 1. The first-order valence-electron chi connectivity index (χ1n) is 13.4. The normalized spacial score (nSPS) is 21.7. The van der Waals surface area contributed by atoms with Crippen molar-refractivity contribution in [2.24, 2.45) is 4.99 Å². The quantitative estimate of drug-likeness (QED) is 0.131. The van der Waals surface area contributed by atoms with Crippen LogP contribution in [0.4, 0.5) is 0 Å². The summed E-state index contributed by atoms with van der Waals surface area (Å²) in [5.41, 5.74) is 0. The average molecular weight is 435 g/mol. The molecule has 0 aromatic carbocycles. The van der Waals surface area contributed by atoms with E-state index in [0.717, 1.165) is 24.0 Å². The van der Waals surface area contributed by atoms with Gasteiger partial charge >= 0.3 is 0 Å². The van der Waals surface area contributed by atoms with Gasteiger partial charge in [-0.15, -0.1) is 0 Å². The smallest absolute Gasteiger partial charge is 0.221 e. The Morgan fingerprint density at radius 2 is 1.52 bits per heavy atom. The predicted molar refractivity (Wildman–Crippen MR) is 135 cm³/mol. The summed E-state index contributed by atoms with van der Waals surface area (Å²) in [5.74, 6) is 0.0552. The molecule has 0 aliphatic carbocycles. The molecular formula is C27H52N3O+. The molecule has 0 radical (unpaired) electrons. The average Bonchev–Trinajstić information content (AvgIpc) is 3.17. The van der Waals surface area contributed by atoms with Gasteiger partial charge in [-0.2, -0.15) is 0 Å². The van der Waals surface area contributed by atoms with Gasteiger partial charge in [0.25, 0.3) is 0 Å². The van der Waals surface area contributed by atoms with Gasteiger partial charge in [-0.1, -0.05) is 76.9 Å². The Labute approximate surface area is 193 Å². The lowest BCUT2D eigenvalue weighted by Crippen LogP contribution is -2.63. The lowest BCUT2D eigenvalue weighted by Gasteiger charge is -2.42. The van der Waals surface area contributed by atoms with Crippen LogP contribution in [0.3, 0.4) is 0 Å². The fourth-order valence-corrected chi connectivity index (χ4v) is 4.93.